The highest BCUT2D eigenvalue weighted by atomic mass is 16.2. The number of carbonyl (C=O) groups is 2. The molecule has 21 heavy (non-hydrogen) atoms. The predicted molar refractivity (Wildman–Crippen MR) is 76.8 cm³/mol. The lowest BCUT2D eigenvalue weighted by Crippen LogP contribution is -2.42. The van der Waals surface area contributed by atoms with Gasteiger partial charge in [0.15, 0.2) is 5.65 Å². The monoisotopic (exact) mass is 287 g/mol. The van der Waals surface area contributed by atoms with Crippen LogP contribution in [0.1, 0.15) is 31.5 Å². The normalized spacial score (nSPS) is 19.1. The first kappa shape index (κ1) is 13.5. The van der Waals surface area contributed by atoms with Crippen LogP contribution in [0.25, 0.3) is 5.65 Å². The van der Waals surface area contributed by atoms with Crippen molar-refractivity contribution in [1.82, 2.24) is 19.9 Å². The number of nitrogens with one attached hydrogen (secondary N) is 2. The number of rotatable bonds is 2. The Morgan fingerprint density at radius 3 is 3.14 bits per heavy atom. The summed E-state index contributed by atoms with van der Waals surface area (Å²) in [4.78, 5) is 28.0. The van der Waals surface area contributed by atoms with Gasteiger partial charge in [0.2, 0.25) is 11.8 Å². The third-order valence-electron chi connectivity index (χ3n) is 3.50. The minimum Gasteiger partial charge on any atom is -0.344 e. The molecule has 2 aromatic heterocycles. The third kappa shape index (κ3) is 3.01. The molecule has 2 amide bonds. The van der Waals surface area contributed by atoms with Crippen LogP contribution < -0.4 is 10.6 Å². The molecular formula is C14H17N5O2. The van der Waals surface area contributed by atoms with Gasteiger partial charge in [-0.15, -0.1) is 0 Å². The maximum Gasteiger partial charge on any atom is 0.246 e. The molecule has 3 heterocycles. The molecule has 0 aromatic carbocycles. The van der Waals surface area contributed by atoms with Crippen LogP contribution in [-0.2, 0) is 9.59 Å². The van der Waals surface area contributed by atoms with Crippen LogP contribution >= 0.6 is 0 Å². The van der Waals surface area contributed by atoms with Gasteiger partial charge in [-0.1, -0.05) is 6.42 Å². The number of aryl methyl sites for hydroxylation is 1. The van der Waals surface area contributed by atoms with Gasteiger partial charge in [-0.3, -0.25) is 9.59 Å². The zero-order valence-electron chi connectivity index (χ0n) is 11.8. The van der Waals surface area contributed by atoms with Crippen molar-refractivity contribution < 1.29 is 9.59 Å². The number of fused-ring (bicyclic) bond motifs is 1. The zero-order valence-corrected chi connectivity index (χ0v) is 11.8. The highest BCUT2D eigenvalue weighted by Gasteiger charge is 2.23. The quantitative estimate of drug-likeness (QED) is 0.863. The summed E-state index contributed by atoms with van der Waals surface area (Å²) in [6.45, 7) is 1.81. The minimum atomic E-state index is -0.465. The van der Waals surface area contributed by atoms with Gasteiger partial charge < -0.3 is 10.6 Å². The lowest BCUT2D eigenvalue weighted by Gasteiger charge is -2.15. The van der Waals surface area contributed by atoms with E-state index in [0.29, 0.717) is 24.4 Å². The van der Waals surface area contributed by atoms with Crippen molar-refractivity contribution in [1.29, 1.82) is 0 Å². The highest BCUT2D eigenvalue weighted by Crippen LogP contribution is 2.13. The Bertz CT molecular complexity index is 694. The van der Waals surface area contributed by atoms with Crippen molar-refractivity contribution in [2.24, 2.45) is 0 Å². The molecule has 1 saturated heterocycles. The fourth-order valence-electron chi connectivity index (χ4n) is 2.47. The summed E-state index contributed by atoms with van der Waals surface area (Å²) >= 11 is 0. The van der Waals surface area contributed by atoms with Crippen LogP contribution in [-0.4, -0.2) is 32.5 Å². The Morgan fingerprint density at radius 2 is 2.29 bits per heavy atom. The second kappa shape index (κ2) is 5.51. The third-order valence-corrected chi connectivity index (χ3v) is 3.50. The average molecular weight is 287 g/mol. The van der Waals surface area contributed by atoms with Crippen LogP contribution in [0.4, 0.5) is 5.69 Å². The lowest BCUT2D eigenvalue weighted by molar-refractivity contribution is -0.125. The number of hydrogen-bond acceptors (Lipinski definition) is 4. The van der Waals surface area contributed by atoms with Gasteiger partial charge in [-0.2, -0.15) is 5.10 Å². The summed E-state index contributed by atoms with van der Waals surface area (Å²) in [6, 6.07) is 3.11. The Morgan fingerprint density at radius 1 is 1.43 bits per heavy atom. The van der Waals surface area contributed by atoms with Gasteiger partial charge in [-0.25, -0.2) is 9.50 Å². The van der Waals surface area contributed by atoms with Crippen LogP contribution in [0, 0.1) is 6.92 Å². The topological polar surface area (TPSA) is 88.4 Å². The van der Waals surface area contributed by atoms with E-state index in [2.05, 4.69) is 20.7 Å². The Labute approximate surface area is 121 Å². The molecule has 1 atom stereocenters. The predicted octanol–water partition coefficient (Wildman–Crippen LogP) is 1.04. The minimum absolute atomic E-state index is 0.0602. The summed E-state index contributed by atoms with van der Waals surface area (Å²) in [5, 5.41) is 9.78. The lowest BCUT2D eigenvalue weighted by atomic mass is 10.1. The summed E-state index contributed by atoms with van der Waals surface area (Å²) in [6.07, 6.45) is 4.58. The molecule has 2 N–H and O–H groups in total. The fourth-order valence-corrected chi connectivity index (χ4v) is 2.47. The van der Waals surface area contributed by atoms with Crippen LogP contribution in [0.3, 0.4) is 0 Å². The van der Waals surface area contributed by atoms with E-state index in [9.17, 15) is 9.59 Å². The van der Waals surface area contributed by atoms with Crippen molar-refractivity contribution in [3.05, 3.63) is 24.2 Å². The number of carbonyl (C=O) groups excluding carboxylic acids is 2. The molecule has 0 aliphatic carbocycles. The number of pyridine rings is 1. The van der Waals surface area contributed by atoms with Crippen LogP contribution in [0.2, 0.25) is 0 Å². The van der Waals surface area contributed by atoms with Crippen LogP contribution in [0.15, 0.2) is 18.3 Å². The maximum absolute atomic E-state index is 12.2. The van der Waals surface area contributed by atoms with E-state index in [4.69, 9.17) is 0 Å². The summed E-state index contributed by atoms with van der Waals surface area (Å²) in [7, 11) is 0. The van der Waals surface area contributed by atoms with Gasteiger partial charge in [0.05, 0.1) is 11.9 Å². The molecule has 2 aromatic rings. The largest absolute Gasteiger partial charge is 0.344 e. The van der Waals surface area contributed by atoms with Crippen LogP contribution in [0.5, 0.6) is 0 Å². The van der Waals surface area contributed by atoms with Gasteiger partial charge >= 0.3 is 0 Å². The molecular weight excluding hydrogens is 270 g/mol. The standard InChI is InChI=1S/C14H17N5O2/c1-9-15-12-7-6-10(8-19(12)18-9)16-14(21)11-4-2-3-5-13(20)17-11/h6-8,11H,2-5H2,1H3,(H,16,21)(H,17,20)/t11-/m1/s1. The molecule has 0 spiro atoms. The molecule has 0 unspecified atom stereocenters. The van der Waals surface area contributed by atoms with Gasteiger partial charge in [-0.05, 0) is 31.9 Å². The summed E-state index contributed by atoms with van der Waals surface area (Å²) in [5.74, 6) is 0.422. The molecule has 1 aliphatic heterocycles. The fraction of sp³-hybridized carbons (Fsp3) is 0.429. The SMILES string of the molecule is Cc1nc2ccc(NC(=O)[C@H]3CCCCC(=O)N3)cn2n1. The van der Waals surface area contributed by atoms with Gasteiger partial charge in [0, 0.05) is 6.42 Å². The first-order valence-electron chi connectivity index (χ1n) is 7.05. The molecule has 1 fully saturated rings. The molecule has 7 heteroatoms. The molecule has 7 nitrogen and oxygen atoms in total. The molecule has 0 bridgehead atoms. The summed E-state index contributed by atoms with van der Waals surface area (Å²) < 4.78 is 1.62. The number of hydrogen-bond donors (Lipinski definition) is 2. The maximum atomic E-state index is 12.2. The van der Waals surface area contributed by atoms with E-state index < -0.39 is 6.04 Å². The van der Waals surface area contributed by atoms with Crippen molar-refractivity contribution in [3.8, 4) is 0 Å². The smallest absolute Gasteiger partial charge is 0.246 e. The van der Waals surface area contributed by atoms with Crippen molar-refractivity contribution in [3.63, 3.8) is 0 Å². The molecule has 110 valence electrons. The van der Waals surface area contributed by atoms with E-state index in [1.54, 1.807) is 22.8 Å². The van der Waals surface area contributed by atoms with Crippen molar-refractivity contribution >= 4 is 23.1 Å². The first-order chi connectivity index (χ1) is 10.1. The number of amides is 2. The number of nitrogens with zero attached hydrogens (tertiary/aromatic N) is 3. The van der Waals surface area contributed by atoms with E-state index in [-0.39, 0.29) is 11.8 Å². The highest BCUT2D eigenvalue weighted by molar-refractivity contribution is 5.97. The van der Waals surface area contributed by atoms with E-state index >= 15 is 0 Å². The Hall–Kier alpha value is -2.44. The molecule has 0 radical (unpaired) electrons. The van der Waals surface area contributed by atoms with E-state index in [0.717, 1.165) is 18.5 Å². The Balaban J connectivity index is 1.74. The second-order valence-electron chi connectivity index (χ2n) is 5.23. The Kier molecular flexibility index (Phi) is 3.55. The van der Waals surface area contributed by atoms with Gasteiger partial charge in [0.25, 0.3) is 0 Å². The second-order valence-corrected chi connectivity index (χ2v) is 5.23. The first-order valence-corrected chi connectivity index (χ1v) is 7.05. The average Bonchev–Trinajstić information content (AvgIpc) is 2.66. The van der Waals surface area contributed by atoms with Crippen molar-refractivity contribution in [2.75, 3.05) is 5.32 Å². The molecule has 3 rings (SSSR count). The number of anilines is 1. The number of aromatic nitrogens is 3. The van der Waals surface area contributed by atoms with Crippen molar-refractivity contribution in [2.45, 2.75) is 38.6 Å². The zero-order chi connectivity index (χ0) is 14.8. The van der Waals surface area contributed by atoms with E-state index in [1.807, 2.05) is 6.92 Å². The van der Waals surface area contributed by atoms with Gasteiger partial charge in [0.1, 0.15) is 11.9 Å². The van der Waals surface area contributed by atoms with E-state index in [1.165, 1.54) is 0 Å². The molecule has 0 saturated carbocycles. The summed E-state index contributed by atoms with van der Waals surface area (Å²) in [5.41, 5.74) is 1.36. The molecule has 1 aliphatic rings.